The van der Waals surface area contributed by atoms with Crippen LogP contribution in [-0.2, 0) is 24.4 Å². The van der Waals surface area contributed by atoms with E-state index in [1.54, 1.807) is 17.1 Å². The highest BCUT2D eigenvalue weighted by Gasteiger charge is 2.25. The molecule has 0 saturated carbocycles. The van der Waals surface area contributed by atoms with Crippen molar-refractivity contribution >= 4 is 28.4 Å². The minimum absolute atomic E-state index is 0.0149. The van der Waals surface area contributed by atoms with Crippen molar-refractivity contribution in [2.24, 2.45) is 0 Å². The highest BCUT2D eigenvalue weighted by atomic mass is 16.5. The van der Waals surface area contributed by atoms with Gasteiger partial charge >= 0.3 is 6.01 Å². The van der Waals surface area contributed by atoms with Gasteiger partial charge in [0.25, 0.3) is 0 Å². The second kappa shape index (κ2) is 15.1. The van der Waals surface area contributed by atoms with E-state index in [1.165, 1.54) is 0 Å². The summed E-state index contributed by atoms with van der Waals surface area (Å²) in [5.74, 6) is 0.726. The van der Waals surface area contributed by atoms with E-state index in [1.807, 2.05) is 43.3 Å². The van der Waals surface area contributed by atoms with E-state index in [9.17, 15) is 4.79 Å². The number of aromatic nitrogens is 2. The topological polar surface area (TPSA) is 107 Å². The van der Waals surface area contributed by atoms with Crippen LogP contribution < -0.4 is 19.7 Å². The molecular weight excluding hydrogens is 590 g/mol. The summed E-state index contributed by atoms with van der Waals surface area (Å²) in [6.45, 7) is 4.76. The quantitative estimate of drug-likeness (QED) is 0.241. The first-order valence-corrected chi connectivity index (χ1v) is 16.2. The lowest BCUT2D eigenvalue weighted by molar-refractivity contribution is -0.127. The molecule has 1 fully saturated rings. The Kier molecular flexibility index (Phi) is 10.3. The molecule has 1 N–H and O–H groups in total. The van der Waals surface area contributed by atoms with E-state index in [4.69, 9.17) is 24.7 Å². The van der Waals surface area contributed by atoms with E-state index in [0.29, 0.717) is 63.9 Å². The summed E-state index contributed by atoms with van der Waals surface area (Å²) in [5.41, 5.74) is 4.81. The SMILES string of the molecule is CN(C)CCOc1nc(C=CC(=O)N2CCNC(CC#N)C2)c2c(n1)CN(c1cc(OCc3ccccc3)cc3ccccc13)CC2. The van der Waals surface area contributed by atoms with Crippen LogP contribution in [0.5, 0.6) is 11.8 Å². The number of amides is 1. The Bertz CT molecular complexity index is 1770. The first kappa shape index (κ1) is 32.0. The fourth-order valence-electron chi connectivity index (χ4n) is 6.04. The Balaban J connectivity index is 1.27. The number of nitriles is 1. The molecule has 1 unspecified atom stereocenters. The highest BCUT2D eigenvalue weighted by Crippen LogP contribution is 2.36. The van der Waals surface area contributed by atoms with Crippen LogP contribution in [-0.4, -0.2) is 85.1 Å². The number of fused-ring (bicyclic) bond motifs is 2. The average molecular weight is 632 g/mol. The van der Waals surface area contributed by atoms with Gasteiger partial charge in [-0.3, -0.25) is 4.79 Å². The van der Waals surface area contributed by atoms with Gasteiger partial charge in [0, 0.05) is 67.5 Å². The monoisotopic (exact) mass is 631 g/mol. The van der Waals surface area contributed by atoms with Crippen molar-refractivity contribution in [2.45, 2.75) is 32.0 Å². The molecule has 242 valence electrons. The first-order valence-electron chi connectivity index (χ1n) is 16.2. The normalized spacial score (nSPS) is 16.3. The molecule has 0 spiro atoms. The van der Waals surface area contributed by atoms with Gasteiger partial charge in [-0.2, -0.15) is 15.2 Å². The number of carbonyl (C=O) groups is 1. The second-order valence-corrected chi connectivity index (χ2v) is 12.2. The van der Waals surface area contributed by atoms with Crippen LogP contribution in [0.25, 0.3) is 16.8 Å². The van der Waals surface area contributed by atoms with Gasteiger partial charge in [-0.25, -0.2) is 0 Å². The van der Waals surface area contributed by atoms with Crippen molar-refractivity contribution in [1.82, 2.24) is 25.1 Å². The summed E-state index contributed by atoms with van der Waals surface area (Å²) in [4.78, 5) is 29.0. The maximum absolute atomic E-state index is 13.2. The summed E-state index contributed by atoms with van der Waals surface area (Å²) in [6, 6.07) is 25.3. The van der Waals surface area contributed by atoms with Gasteiger partial charge in [0.15, 0.2) is 0 Å². The van der Waals surface area contributed by atoms with Crippen molar-refractivity contribution < 1.29 is 14.3 Å². The number of ether oxygens (including phenoxy) is 2. The molecule has 0 radical (unpaired) electrons. The molecule has 47 heavy (non-hydrogen) atoms. The standard InChI is InChI=1S/C37H41N7O3/c1-42(2)20-21-46-37-40-33(12-13-36(45)44-19-17-39-29(24-44)14-16-38)32-15-18-43(25-34(32)41-37)35-23-30(22-28-10-6-7-11-31(28)35)47-26-27-8-4-3-5-9-27/h3-13,22-23,29,39H,14-15,17-21,24-26H2,1-2H3. The van der Waals surface area contributed by atoms with Gasteiger partial charge in [0.2, 0.25) is 5.91 Å². The minimum Gasteiger partial charge on any atom is -0.489 e. The number of carbonyl (C=O) groups excluding carboxylic acids is 1. The molecule has 1 saturated heterocycles. The Morgan fingerprint density at radius 1 is 1.09 bits per heavy atom. The van der Waals surface area contributed by atoms with Gasteiger partial charge < -0.3 is 29.5 Å². The predicted octanol–water partition coefficient (Wildman–Crippen LogP) is 4.44. The lowest BCUT2D eigenvalue weighted by atomic mass is 10.00. The number of benzene rings is 3. The molecule has 6 rings (SSSR count). The molecule has 1 aromatic heterocycles. The zero-order valence-corrected chi connectivity index (χ0v) is 27.1. The van der Waals surface area contributed by atoms with Crippen LogP contribution in [0.15, 0.2) is 72.8 Å². The number of piperazine rings is 1. The molecule has 3 heterocycles. The van der Waals surface area contributed by atoms with Crippen molar-refractivity contribution in [3.63, 3.8) is 0 Å². The Labute approximate surface area is 276 Å². The summed E-state index contributed by atoms with van der Waals surface area (Å²) in [6.07, 6.45) is 4.47. The van der Waals surface area contributed by atoms with Crippen LogP contribution >= 0.6 is 0 Å². The molecule has 1 amide bonds. The number of hydrogen-bond donors (Lipinski definition) is 1. The Morgan fingerprint density at radius 3 is 2.74 bits per heavy atom. The van der Waals surface area contributed by atoms with Gasteiger partial charge in [-0.1, -0.05) is 54.6 Å². The number of rotatable bonds is 11. The molecular formula is C37H41N7O3. The molecule has 0 aliphatic carbocycles. The molecule has 0 bridgehead atoms. The number of likely N-dealkylation sites (N-methyl/N-ethyl adjacent to an activating group) is 1. The molecule has 10 heteroatoms. The Hall–Kier alpha value is -4.98. The van der Waals surface area contributed by atoms with Crippen LogP contribution in [0.1, 0.15) is 28.9 Å². The first-order chi connectivity index (χ1) is 23.0. The molecule has 10 nitrogen and oxygen atoms in total. The number of anilines is 1. The van der Waals surface area contributed by atoms with Crippen LogP contribution in [0.3, 0.4) is 0 Å². The van der Waals surface area contributed by atoms with Crippen LogP contribution in [0.2, 0.25) is 0 Å². The highest BCUT2D eigenvalue weighted by molar-refractivity contribution is 5.96. The van der Waals surface area contributed by atoms with Gasteiger partial charge in [0.1, 0.15) is 19.0 Å². The fraction of sp³-hybridized carbons (Fsp3) is 0.351. The third-order valence-electron chi connectivity index (χ3n) is 8.54. The van der Waals surface area contributed by atoms with Crippen molar-refractivity contribution in [1.29, 1.82) is 5.26 Å². The zero-order valence-electron chi connectivity index (χ0n) is 27.1. The van der Waals surface area contributed by atoms with Crippen molar-refractivity contribution in [3.8, 4) is 17.8 Å². The summed E-state index contributed by atoms with van der Waals surface area (Å²) in [7, 11) is 3.99. The van der Waals surface area contributed by atoms with Gasteiger partial charge in [-0.15, -0.1) is 0 Å². The average Bonchev–Trinajstić information content (AvgIpc) is 3.09. The van der Waals surface area contributed by atoms with Gasteiger partial charge in [0.05, 0.1) is 30.4 Å². The predicted molar refractivity (Wildman–Crippen MR) is 183 cm³/mol. The number of hydrogen-bond acceptors (Lipinski definition) is 9. The maximum atomic E-state index is 13.2. The maximum Gasteiger partial charge on any atom is 0.317 e. The van der Waals surface area contributed by atoms with Crippen molar-refractivity contribution in [2.75, 3.05) is 58.3 Å². The van der Waals surface area contributed by atoms with Crippen LogP contribution in [0, 0.1) is 11.3 Å². The smallest absolute Gasteiger partial charge is 0.317 e. The molecule has 2 aliphatic rings. The molecule has 1 atom stereocenters. The number of nitrogens with zero attached hydrogens (tertiary/aromatic N) is 6. The van der Waals surface area contributed by atoms with Gasteiger partial charge in [-0.05, 0) is 43.6 Å². The minimum atomic E-state index is -0.0897. The second-order valence-electron chi connectivity index (χ2n) is 12.2. The van der Waals surface area contributed by atoms with E-state index < -0.39 is 0 Å². The van der Waals surface area contributed by atoms with E-state index >= 15 is 0 Å². The summed E-state index contributed by atoms with van der Waals surface area (Å²) in [5, 5.41) is 14.7. The summed E-state index contributed by atoms with van der Waals surface area (Å²) >= 11 is 0. The van der Waals surface area contributed by atoms with E-state index in [2.05, 4.69) is 58.8 Å². The van der Waals surface area contributed by atoms with E-state index in [-0.39, 0.29) is 11.9 Å². The number of nitrogens with one attached hydrogen (secondary N) is 1. The lowest BCUT2D eigenvalue weighted by Crippen LogP contribution is -2.52. The molecule has 2 aliphatic heterocycles. The van der Waals surface area contributed by atoms with E-state index in [0.717, 1.165) is 52.1 Å². The Morgan fingerprint density at radius 2 is 1.91 bits per heavy atom. The zero-order chi connectivity index (χ0) is 32.6. The van der Waals surface area contributed by atoms with Crippen LogP contribution in [0.4, 0.5) is 5.69 Å². The summed E-state index contributed by atoms with van der Waals surface area (Å²) < 4.78 is 12.3. The molecule has 3 aromatic carbocycles. The third-order valence-corrected chi connectivity index (χ3v) is 8.54. The fourth-order valence-corrected chi connectivity index (χ4v) is 6.04. The largest absolute Gasteiger partial charge is 0.489 e. The lowest BCUT2D eigenvalue weighted by Gasteiger charge is -2.32. The van der Waals surface area contributed by atoms with Crippen molar-refractivity contribution in [3.05, 3.63) is 95.3 Å². The third kappa shape index (κ3) is 8.06. The molecule has 4 aromatic rings.